The number of hydrogen-bond donors (Lipinski definition) is 3. The standard InChI is InChI=1S/C11H20N2O3/c1-8(14)12-5-6-13-10-4-2-3-9(7-10)11(15)16/h9-10,13H,2-7H2,1H3,(H,12,14)(H,15,16). The molecule has 1 rings (SSSR count). The summed E-state index contributed by atoms with van der Waals surface area (Å²) in [6.07, 6.45) is 3.49. The number of carbonyl (C=O) groups is 2. The van der Waals surface area contributed by atoms with Gasteiger partial charge in [0.15, 0.2) is 0 Å². The van der Waals surface area contributed by atoms with Gasteiger partial charge in [-0.05, 0) is 19.3 Å². The fraction of sp³-hybridized carbons (Fsp3) is 0.818. The quantitative estimate of drug-likeness (QED) is 0.593. The van der Waals surface area contributed by atoms with Crippen molar-refractivity contribution in [3.63, 3.8) is 0 Å². The molecule has 1 fully saturated rings. The first-order valence-corrected chi connectivity index (χ1v) is 5.80. The number of rotatable bonds is 5. The van der Waals surface area contributed by atoms with Crippen LogP contribution in [-0.2, 0) is 9.59 Å². The van der Waals surface area contributed by atoms with Crippen LogP contribution in [0.4, 0.5) is 0 Å². The van der Waals surface area contributed by atoms with E-state index in [9.17, 15) is 9.59 Å². The number of amides is 1. The Bertz CT molecular complexity index is 256. The molecule has 0 aliphatic heterocycles. The molecule has 5 nitrogen and oxygen atoms in total. The molecule has 0 aromatic heterocycles. The van der Waals surface area contributed by atoms with E-state index in [-0.39, 0.29) is 17.9 Å². The lowest BCUT2D eigenvalue weighted by atomic mass is 9.86. The molecule has 0 spiro atoms. The number of nitrogens with one attached hydrogen (secondary N) is 2. The van der Waals surface area contributed by atoms with Crippen LogP contribution in [0.15, 0.2) is 0 Å². The number of aliphatic carboxylic acids is 1. The fourth-order valence-corrected chi connectivity index (χ4v) is 2.11. The number of carboxylic acid groups (broad SMARTS) is 1. The minimum Gasteiger partial charge on any atom is -0.481 e. The number of hydrogen-bond acceptors (Lipinski definition) is 3. The largest absolute Gasteiger partial charge is 0.481 e. The van der Waals surface area contributed by atoms with Gasteiger partial charge in [0.2, 0.25) is 5.91 Å². The third-order valence-electron chi connectivity index (χ3n) is 2.96. The van der Waals surface area contributed by atoms with Gasteiger partial charge in [-0.1, -0.05) is 6.42 Å². The van der Waals surface area contributed by atoms with Crippen LogP contribution in [0.2, 0.25) is 0 Å². The molecule has 0 heterocycles. The summed E-state index contributed by atoms with van der Waals surface area (Å²) in [6.45, 7) is 2.79. The lowest BCUT2D eigenvalue weighted by molar-refractivity contribution is -0.143. The first kappa shape index (κ1) is 13.0. The zero-order chi connectivity index (χ0) is 12.0. The summed E-state index contributed by atoms with van der Waals surface area (Å²) in [7, 11) is 0. The monoisotopic (exact) mass is 228 g/mol. The van der Waals surface area contributed by atoms with E-state index in [0.29, 0.717) is 19.5 Å². The van der Waals surface area contributed by atoms with Crippen molar-refractivity contribution in [1.29, 1.82) is 0 Å². The Balaban J connectivity index is 2.17. The third-order valence-corrected chi connectivity index (χ3v) is 2.96. The van der Waals surface area contributed by atoms with E-state index >= 15 is 0 Å². The average molecular weight is 228 g/mol. The molecule has 1 aliphatic carbocycles. The summed E-state index contributed by atoms with van der Waals surface area (Å²) >= 11 is 0. The fourth-order valence-electron chi connectivity index (χ4n) is 2.11. The molecular weight excluding hydrogens is 208 g/mol. The maximum atomic E-state index is 10.8. The van der Waals surface area contributed by atoms with Gasteiger partial charge in [-0.25, -0.2) is 0 Å². The average Bonchev–Trinajstić information content (AvgIpc) is 2.24. The molecule has 3 N–H and O–H groups in total. The molecule has 1 amide bonds. The summed E-state index contributed by atoms with van der Waals surface area (Å²) in [4.78, 5) is 21.5. The van der Waals surface area contributed by atoms with E-state index in [2.05, 4.69) is 10.6 Å². The van der Waals surface area contributed by atoms with Crippen LogP contribution < -0.4 is 10.6 Å². The van der Waals surface area contributed by atoms with Crippen molar-refractivity contribution in [1.82, 2.24) is 10.6 Å². The molecule has 92 valence electrons. The maximum absolute atomic E-state index is 10.8. The lowest BCUT2D eigenvalue weighted by Gasteiger charge is -2.27. The van der Waals surface area contributed by atoms with Gasteiger partial charge in [0.05, 0.1) is 5.92 Å². The first-order valence-electron chi connectivity index (χ1n) is 5.80. The van der Waals surface area contributed by atoms with Crippen molar-refractivity contribution < 1.29 is 14.7 Å². The summed E-state index contributed by atoms with van der Waals surface area (Å²) in [5.41, 5.74) is 0. The van der Waals surface area contributed by atoms with E-state index in [1.54, 1.807) is 0 Å². The van der Waals surface area contributed by atoms with Gasteiger partial charge in [-0.15, -0.1) is 0 Å². The van der Waals surface area contributed by atoms with E-state index in [4.69, 9.17) is 5.11 Å². The highest BCUT2D eigenvalue weighted by Gasteiger charge is 2.26. The molecule has 16 heavy (non-hydrogen) atoms. The molecular formula is C11H20N2O3. The highest BCUT2D eigenvalue weighted by Crippen LogP contribution is 2.24. The van der Waals surface area contributed by atoms with Crippen molar-refractivity contribution in [2.45, 2.75) is 38.6 Å². The lowest BCUT2D eigenvalue weighted by Crippen LogP contribution is -2.40. The van der Waals surface area contributed by atoms with Crippen LogP contribution in [0.1, 0.15) is 32.6 Å². The van der Waals surface area contributed by atoms with Gasteiger partial charge in [-0.3, -0.25) is 9.59 Å². The van der Waals surface area contributed by atoms with E-state index < -0.39 is 5.97 Å². The molecule has 0 bridgehead atoms. The highest BCUT2D eigenvalue weighted by molar-refractivity contribution is 5.72. The summed E-state index contributed by atoms with van der Waals surface area (Å²) in [6, 6.07) is 0.281. The third kappa shape index (κ3) is 4.61. The normalized spacial score (nSPS) is 25.1. The molecule has 2 atom stereocenters. The second kappa shape index (κ2) is 6.48. The minimum atomic E-state index is -0.687. The number of carbonyl (C=O) groups excluding carboxylic acids is 1. The van der Waals surface area contributed by atoms with Crippen molar-refractivity contribution in [3.05, 3.63) is 0 Å². The Morgan fingerprint density at radius 2 is 2.06 bits per heavy atom. The summed E-state index contributed by atoms with van der Waals surface area (Å²) < 4.78 is 0. The molecule has 0 aromatic carbocycles. The van der Waals surface area contributed by atoms with Crippen molar-refractivity contribution in [3.8, 4) is 0 Å². The zero-order valence-corrected chi connectivity index (χ0v) is 9.66. The van der Waals surface area contributed by atoms with Gasteiger partial charge in [0.25, 0.3) is 0 Å². The van der Waals surface area contributed by atoms with Gasteiger partial charge in [-0.2, -0.15) is 0 Å². The predicted octanol–water partition coefficient (Wildman–Crippen LogP) is 0.355. The van der Waals surface area contributed by atoms with Crippen LogP contribution in [0.3, 0.4) is 0 Å². The Morgan fingerprint density at radius 3 is 2.69 bits per heavy atom. The van der Waals surface area contributed by atoms with Crippen molar-refractivity contribution in [2.75, 3.05) is 13.1 Å². The Hall–Kier alpha value is -1.10. The molecule has 1 aliphatic rings. The van der Waals surface area contributed by atoms with Gasteiger partial charge in [0, 0.05) is 26.1 Å². The smallest absolute Gasteiger partial charge is 0.306 e. The number of carboxylic acids is 1. The minimum absolute atomic E-state index is 0.0335. The maximum Gasteiger partial charge on any atom is 0.306 e. The second-order valence-electron chi connectivity index (χ2n) is 4.34. The summed E-state index contributed by atoms with van der Waals surface area (Å²) in [5.74, 6) is -0.922. The van der Waals surface area contributed by atoms with Crippen LogP contribution in [0.5, 0.6) is 0 Å². The van der Waals surface area contributed by atoms with E-state index in [0.717, 1.165) is 19.3 Å². The molecule has 0 saturated heterocycles. The predicted molar refractivity (Wildman–Crippen MR) is 60.1 cm³/mol. The van der Waals surface area contributed by atoms with E-state index in [1.807, 2.05) is 0 Å². The van der Waals surface area contributed by atoms with Gasteiger partial charge >= 0.3 is 5.97 Å². The molecule has 0 aromatic rings. The topological polar surface area (TPSA) is 78.4 Å². The molecule has 2 unspecified atom stereocenters. The van der Waals surface area contributed by atoms with Gasteiger partial charge < -0.3 is 15.7 Å². The molecule has 0 radical (unpaired) electrons. The van der Waals surface area contributed by atoms with Crippen LogP contribution in [0, 0.1) is 5.92 Å². The van der Waals surface area contributed by atoms with Crippen molar-refractivity contribution in [2.24, 2.45) is 5.92 Å². The Morgan fingerprint density at radius 1 is 1.31 bits per heavy atom. The van der Waals surface area contributed by atoms with Crippen LogP contribution in [0.25, 0.3) is 0 Å². The summed E-state index contributed by atoms with van der Waals surface area (Å²) in [5, 5.41) is 14.9. The van der Waals surface area contributed by atoms with E-state index in [1.165, 1.54) is 6.92 Å². The van der Waals surface area contributed by atoms with Crippen LogP contribution >= 0.6 is 0 Å². The molecule has 5 heteroatoms. The first-order chi connectivity index (χ1) is 7.59. The SMILES string of the molecule is CC(=O)NCCNC1CCCC(C(=O)O)C1. The van der Waals surface area contributed by atoms with Gasteiger partial charge in [0.1, 0.15) is 0 Å². The Kier molecular flexibility index (Phi) is 5.25. The Labute approximate surface area is 95.6 Å². The van der Waals surface area contributed by atoms with Crippen molar-refractivity contribution >= 4 is 11.9 Å². The highest BCUT2D eigenvalue weighted by atomic mass is 16.4. The second-order valence-corrected chi connectivity index (χ2v) is 4.34. The van der Waals surface area contributed by atoms with Crippen LogP contribution in [-0.4, -0.2) is 36.1 Å². The zero-order valence-electron chi connectivity index (χ0n) is 9.66. The molecule has 1 saturated carbocycles.